The molecule has 0 saturated heterocycles. The molecule has 0 saturated carbocycles. The number of rotatable bonds is 3. The summed E-state index contributed by atoms with van der Waals surface area (Å²) in [5, 5.41) is 2.87. The van der Waals surface area contributed by atoms with Gasteiger partial charge in [-0.15, -0.1) is 0 Å². The van der Waals surface area contributed by atoms with Crippen molar-refractivity contribution in [1.29, 1.82) is 0 Å². The first-order valence-electron chi connectivity index (χ1n) is 14.8. The molecule has 2 nitrogen and oxygen atoms in total. The number of benzene rings is 5. The normalized spacial score (nSPS) is 15.5. The van der Waals surface area contributed by atoms with Crippen LogP contribution in [0.5, 0.6) is 0 Å². The molecule has 0 fully saturated rings. The van der Waals surface area contributed by atoms with Crippen molar-refractivity contribution in [2.24, 2.45) is 0 Å². The summed E-state index contributed by atoms with van der Waals surface area (Å²) in [5.41, 5.74) is 12.9. The zero-order valence-corrected chi connectivity index (χ0v) is 24.0. The standard InChI is InChI=1S/C39H29ClN2/c40-35-23-22-34(32-14-6-7-15-33(32)35)39-38(41-36-16-8-9-17-37(36)42-39)27-19-21-29-26(24-27)18-20-28(25-10-2-1-3-11-25)30-12-4-5-13-31(29)30/h1-7,9-15,17,19,21-24,28H,8,16,18,20H2. The Morgan fingerprint density at radius 1 is 0.643 bits per heavy atom. The lowest BCUT2D eigenvalue weighted by Gasteiger charge is -2.18. The summed E-state index contributed by atoms with van der Waals surface area (Å²) in [4.78, 5) is 10.6. The van der Waals surface area contributed by atoms with Gasteiger partial charge in [0.05, 0.1) is 22.8 Å². The zero-order chi connectivity index (χ0) is 28.0. The van der Waals surface area contributed by atoms with E-state index >= 15 is 0 Å². The summed E-state index contributed by atoms with van der Waals surface area (Å²) < 4.78 is 0. The Kier molecular flexibility index (Phi) is 6.23. The molecule has 0 amide bonds. The van der Waals surface area contributed by atoms with Crippen LogP contribution in [-0.2, 0) is 12.8 Å². The number of fused-ring (bicyclic) bond motifs is 5. The van der Waals surface area contributed by atoms with E-state index in [0.717, 1.165) is 75.4 Å². The van der Waals surface area contributed by atoms with Crippen molar-refractivity contribution in [2.45, 2.75) is 31.6 Å². The molecule has 2 aliphatic rings. The monoisotopic (exact) mass is 560 g/mol. The highest BCUT2D eigenvalue weighted by Crippen LogP contribution is 2.44. The largest absolute Gasteiger partial charge is 0.248 e. The maximum atomic E-state index is 6.63. The fraction of sp³-hybridized carbons (Fsp3) is 0.128. The molecule has 2 aliphatic carbocycles. The van der Waals surface area contributed by atoms with Gasteiger partial charge in [-0.1, -0.05) is 115 Å². The third-order valence-corrected chi connectivity index (χ3v) is 9.19. The second-order valence-corrected chi connectivity index (χ2v) is 11.7. The van der Waals surface area contributed by atoms with Gasteiger partial charge in [-0.25, -0.2) is 9.97 Å². The van der Waals surface area contributed by atoms with E-state index in [1.165, 1.54) is 27.8 Å². The van der Waals surface area contributed by atoms with Gasteiger partial charge in [0.25, 0.3) is 0 Å². The van der Waals surface area contributed by atoms with Gasteiger partial charge in [-0.3, -0.25) is 0 Å². The maximum absolute atomic E-state index is 6.63. The summed E-state index contributed by atoms with van der Waals surface area (Å²) >= 11 is 6.63. The topological polar surface area (TPSA) is 25.8 Å². The number of hydrogen-bond acceptors (Lipinski definition) is 2. The summed E-state index contributed by atoms with van der Waals surface area (Å²) in [6, 6.07) is 39.2. The molecule has 8 rings (SSSR count). The van der Waals surface area contributed by atoms with Gasteiger partial charge in [-0.2, -0.15) is 0 Å². The minimum absolute atomic E-state index is 0.365. The average Bonchev–Trinajstić information content (AvgIpc) is 3.22. The molecular weight excluding hydrogens is 532 g/mol. The average molecular weight is 561 g/mol. The molecule has 5 aromatic carbocycles. The zero-order valence-electron chi connectivity index (χ0n) is 23.2. The lowest BCUT2D eigenvalue weighted by atomic mass is 9.86. The van der Waals surface area contributed by atoms with Crippen molar-refractivity contribution in [3.63, 3.8) is 0 Å². The van der Waals surface area contributed by atoms with E-state index in [-0.39, 0.29) is 0 Å². The molecule has 3 heteroatoms. The summed E-state index contributed by atoms with van der Waals surface area (Å²) in [6.45, 7) is 0. The molecular formula is C39H29ClN2. The molecule has 0 aliphatic heterocycles. The molecule has 0 N–H and O–H groups in total. The van der Waals surface area contributed by atoms with Gasteiger partial charge in [-0.05, 0) is 77.1 Å². The van der Waals surface area contributed by atoms with Crippen molar-refractivity contribution in [2.75, 3.05) is 0 Å². The SMILES string of the molecule is Clc1ccc(-c2nc3c(nc2-c2ccc4c(c2)CCC(c2ccccc2)c2ccccc2-4)CCC=C3)c2ccccc12. The maximum Gasteiger partial charge on any atom is 0.0979 e. The lowest BCUT2D eigenvalue weighted by molar-refractivity contribution is 0.726. The number of allylic oxidation sites excluding steroid dienone is 1. The number of hydrogen-bond donors (Lipinski definition) is 0. The Morgan fingerprint density at radius 3 is 2.33 bits per heavy atom. The van der Waals surface area contributed by atoms with E-state index in [4.69, 9.17) is 21.6 Å². The van der Waals surface area contributed by atoms with Crippen LogP contribution >= 0.6 is 11.6 Å². The third-order valence-electron chi connectivity index (χ3n) is 8.86. The molecule has 1 atom stereocenters. The second kappa shape index (κ2) is 10.4. The van der Waals surface area contributed by atoms with Crippen LogP contribution in [0.4, 0.5) is 0 Å². The van der Waals surface area contributed by atoms with Crippen LogP contribution in [0.3, 0.4) is 0 Å². The highest BCUT2D eigenvalue weighted by atomic mass is 35.5. The molecule has 42 heavy (non-hydrogen) atoms. The quantitative estimate of drug-likeness (QED) is 0.215. The molecule has 6 aromatic rings. The van der Waals surface area contributed by atoms with Crippen LogP contribution in [-0.4, -0.2) is 9.97 Å². The lowest BCUT2D eigenvalue weighted by Crippen LogP contribution is -2.06. The highest BCUT2D eigenvalue weighted by molar-refractivity contribution is 6.36. The van der Waals surface area contributed by atoms with E-state index in [2.05, 4.69) is 109 Å². The van der Waals surface area contributed by atoms with E-state index in [1.54, 1.807) is 0 Å². The molecule has 0 bridgehead atoms. The number of aryl methyl sites for hydroxylation is 2. The first-order valence-corrected chi connectivity index (χ1v) is 15.1. The fourth-order valence-electron chi connectivity index (χ4n) is 6.82. The van der Waals surface area contributed by atoms with Crippen molar-refractivity contribution in [3.8, 4) is 33.6 Å². The van der Waals surface area contributed by atoms with E-state index in [1.807, 2.05) is 12.1 Å². The van der Waals surface area contributed by atoms with Crippen LogP contribution in [0, 0.1) is 0 Å². The van der Waals surface area contributed by atoms with E-state index < -0.39 is 0 Å². The van der Waals surface area contributed by atoms with Crippen molar-refractivity contribution >= 4 is 28.4 Å². The molecule has 0 spiro atoms. The molecule has 1 aromatic heterocycles. The minimum Gasteiger partial charge on any atom is -0.248 e. The number of aromatic nitrogens is 2. The first-order chi connectivity index (χ1) is 20.7. The number of nitrogens with zero attached hydrogens (tertiary/aromatic N) is 2. The Labute approximate surface area is 251 Å². The molecule has 202 valence electrons. The number of halogens is 1. The molecule has 0 radical (unpaired) electrons. The molecule has 1 unspecified atom stereocenters. The van der Waals surface area contributed by atoms with Crippen LogP contribution < -0.4 is 0 Å². The third kappa shape index (κ3) is 4.26. The summed E-state index contributed by atoms with van der Waals surface area (Å²) in [7, 11) is 0. The predicted octanol–water partition coefficient (Wildman–Crippen LogP) is 10.3. The van der Waals surface area contributed by atoms with Crippen LogP contribution in [0.1, 0.15) is 46.8 Å². The van der Waals surface area contributed by atoms with E-state index in [0.29, 0.717) is 5.92 Å². The van der Waals surface area contributed by atoms with Gasteiger partial charge < -0.3 is 0 Å². The predicted molar refractivity (Wildman–Crippen MR) is 175 cm³/mol. The van der Waals surface area contributed by atoms with Gasteiger partial charge in [0.15, 0.2) is 0 Å². The van der Waals surface area contributed by atoms with Crippen molar-refractivity contribution in [1.82, 2.24) is 9.97 Å². The Morgan fingerprint density at radius 2 is 1.43 bits per heavy atom. The first kappa shape index (κ1) is 25.2. The smallest absolute Gasteiger partial charge is 0.0979 e. The second-order valence-electron chi connectivity index (χ2n) is 11.3. The Hall–Kier alpha value is -4.53. The molecule has 1 heterocycles. The van der Waals surface area contributed by atoms with Crippen LogP contribution in [0.25, 0.3) is 50.5 Å². The summed E-state index contributed by atoms with van der Waals surface area (Å²) in [5.74, 6) is 0.365. The van der Waals surface area contributed by atoms with Crippen molar-refractivity contribution in [3.05, 3.63) is 148 Å². The van der Waals surface area contributed by atoms with Gasteiger partial charge >= 0.3 is 0 Å². The van der Waals surface area contributed by atoms with Gasteiger partial charge in [0.1, 0.15) is 0 Å². The van der Waals surface area contributed by atoms with E-state index in [9.17, 15) is 0 Å². The highest BCUT2D eigenvalue weighted by Gasteiger charge is 2.25. The van der Waals surface area contributed by atoms with Gasteiger partial charge in [0, 0.05) is 27.5 Å². The van der Waals surface area contributed by atoms with Gasteiger partial charge in [0.2, 0.25) is 0 Å². The summed E-state index contributed by atoms with van der Waals surface area (Å²) in [6.07, 6.45) is 8.28. The van der Waals surface area contributed by atoms with Crippen LogP contribution in [0.15, 0.2) is 115 Å². The minimum atomic E-state index is 0.365. The Bertz CT molecular complexity index is 2010. The van der Waals surface area contributed by atoms with Crippen LogP contribution in [0.2, 0.25) is 5.02 Å². The fourth-order valence-corrected chi connectivity index (χ4v) is 7.04. The Balaban J connectivity index is 1.31. The van der Waals surface area contributed by atoms with Crippen molar-refractivity contribution < 1.29 is 0 Å².